The second kappa shape index (κ2) is 7.25. The van der Waals surface area contributed by atoms with Gasteiger partial charge in [-0.15, -0.1) is 0 Å². The van der Waals surface area contributed by atoms with Crippen molar-refractivity contribution in [1.29, 1.82) is 0 Å². The number of aromatic hydroxyl groups is 1. The van der Waals surface area contributed by atoms with E-state index in [0.29, 0.717) is 11.4 Å². The van der Waals surface area contributed by atoms with Gasteiger partial charge in [0.15, 0.2) is 0 Å². The van der Waals surface area contributed by atoms with Gasteiger partial charge in [0.2, 0.25) is 5.88 Å². The number of H-pyrrole nitrogens is 1. The van der Waals surface area contributed by atoms with E-state index >= 15 is 0 Å². The van der Waals surface area contributed by atoms with Gasteiger partial charge < -0.3 is 9.84 Å². The fourth-order valence-corrected chi connectivity index (χ4v) is 2.78. The van der Waals surface area contributed by atoms with Gasteiger partial charge in [-0.3, -0.25) is 14.8 Å². The van der Waals surface area contributed by atoms with Crippen LogP contribution in [0.3, 0.4) is 0 Å². The van der Waals surface area contributed by atoms with Gasteiger partial charge in [-0.25, -0.2) is 9.36 Å². The average Bonchev–Trinajstić information content (AvgIpc) is 2.62. The Labute approximate surface area is 144 Å². The molecule has 1 aliphatic heterocycles. The monoisotopic (exact) mass is 344 g/mol. The fraction of sp³-hybridized carbons (Fsp3) is 0.353. The molecule has 0 saturated carbocycles. The molecule has 8 nitrogen and oxygen atoms in total. The average molecular weight is 344 g/mol. The molecule has 0 unspecified atom stereocenters. The van der Waals surface area contributed by atoms with Crippen molar-refractivity contribution in [2.45, 2.75) is 19.3 Å². The Morgan fingerprint density at radius 3 is 2.72 bits per heavy atom. The van der Waals surface area contributed by atoms with Crippen molar-refractivity contribution < 1.29 is 9.84 Å². The summed E-state index contributed by atoms with van der Waals surface area (Å²) in [5.74, 6) is 0.0706. The van der Waals surface area contributed by atoms with Crippen LogP contribution in [0.25, 0.3) is 5.69 Å². The summed E-state index contributed by atoms with van der Waals surface area (Å²) in [6.45, 7) is 1.62. The van der Waals surface area contributed by atoms with E-state index in [1.54, 1.807) is 24.3 Å². The molecule has 1 aromatic carbocycles. The molecule has 1 aromatic heterocycles. The summed E-state index contributed by atoms with van der Waals surface area (Å²) in [6.07, 6.45) is 4.56. The van der Waals surface area contributed by atoms with E-state index < -0.39 is 17.1 Å². The quantitative estimate of drug-likeness (QED) is 0.808. The third kappa shape index (κ3) is 3.57. The maximum absolute atomic E-state index is 12.2. The molecule has 2 aromatic rings. The number of hydrazone groups is 1. The summed E-state index contributed by atoms with van der Waals surface area (Å²) in [4.78, 5) is 26.5. The largest absolute Gasteiger partial charge is 0.497 e. The first-order valence-corrected chi connectivity index (χ1v) is 8.12. The van der Waals surface area contributed by atoms with Gasteiger partial charge >= 0.3 is 5.69 Å². The highest BCUT2D eigenvalue weighted by atomic mass is 16.5. The van der Waals surface area contributed by atoms with Crippen molar-refractivity contribution >= 4 is 6.21 Å². The molecular formula is C17H20N4O4. The van der Waals surface area contributed by atoms with E-state index in [2.05, 4.69) is 10.1 Å². The topological polar surface area (TPSA) is 99.9 Å². The lowest BCUT2D eigenvalue weighted by atomic mass is 10.2. The molecule has 132 valence electrons. The summed E-state index contributed by atoms with van der Waals surface area (Å²) < 4.78 is 6.15. The Morgan fingerprint density at radius 2 is 2.00 bits per heavy atom. The second-order valence-electron chi connectivity index (χ2n) is 5.79. The Hall–Kier alpha value is -3.03. The van der Waals surface area contributed by atoms with Gasteiger partial charge in [0, 0.05) is 19.2 Å². The van der Waals surface area contributed by atoms with Crippen LogP contribution in [0.2, 0.25) is 0 Å². The van der Waals surface area contributed by atoms with Crippen LogP contribution in [0.5, 0.6) is 11.6 Å². The normalized spacial score (nSPS) is 14.8. The molecule has 0 aliphatic carbocycles. The molecule has 3 rings (SSSR count). The Kier molecular flexibility index (Phi) is 4.87. The van der Waals surface area contributed by atoms with Crippen LogP contribution >= 0.6 is 0 Å². The van der Waals surface area contributed by atoms with Crippen molar-refractivity contribution in [2.24, 2.45) is 5.10 Å². The van der Waals surface area contributed by atoms with E-state index in [1.165, 1.54) is 19.7 Å². The number of hydrogen-bond acceptors (Lipinski definition) is 6. The van der Waals surface area contributed by atoms with Crippen molar-refractivity contribution in [3.63, 3.8) is 0 Å². The first kappa shape index (κ1) is 16.8. The number of hydrogen-bond donors (Lipinski definition) is 2. The summed E-state index contributed by atoms with van der Waals surface area (Å²) in [5, 5.41) is 16.6. The molecule has 2 N–H and O–H groups in total. The minimum atomic E-state index is -0.731. The minimum Gasteiger partial charge on any atom is -0.497 e. The number of ether oxygens (including phenoxy) is 1. The number of benzene rings is 1. The maximum atomic E-state index is 12.2. The van der Waals surface area contributed by atoms with Crippen LogP contribution in [0.4, 0.5) is 0 Å². The number of piperidine rings is 1. The SMILES string of the molecule is COc1cccc(-n2c(O)c(C=NN3CCCCC3)c(=O)[nH]c2=O)c1. The van der Waals surface area contributed by atoms with Crippen molar-refractivity contribution in [3.8, 4) is 17.3 Å². The molecule has 0 spiro atoms. The summed E-state index contributed by atoms with van der Waals surface area (Å²) in [7, 11) is 1.51. The third-order valence-corrected chi connectivity index (χ3v) is 4.11. The molecule has 1 fully saturated rings. The van der Waals surface area contributed by atoms with Crippen LogP contribution < -0.4 is 16.0 Å². The first-order valence-electron chi connectivity index (χ1n) is 8.12. The van der Waals surface area contributed by atoms with Gasteiger partial charge in [0.05, 0.1) is 19.0 Å². The molecule has 8 heteroatoms. The van der Waals surface area contributed by atoms with Crippen LogP contribution in [0.15, 0.2) is 39.0 Å². The van der Waals surface area contributed by atoms with Crippen LogP contribution in [-0.4, -0.2) is 46.1 Å². The zero-order chi connectivity index (χ0) is 17.8. The molecule has 1 saturated heterocycles. The first-order chi connectivity index (χ1) is 12.1. The smallest absolute Gasteiger partial charge is 0.335 e. The summed E-state index contributed by atoms with van der Waals surface area (Å²) in [6, 6.07) is 6.63. The van der Waals surface area contributed by atoms with Gasteiger partial charge in [-0.05, 0) is 31.4 Å². The highest BCUT2D eigenvalue weighted by Gasteiger charge is 2.15. The lowest BCUT2D eigenvalue weighted by Crippen LogP contribution is -2.32. The Bertz CT molecular complexity index is 894. The minimum absolute atomic E-state index is 0.0620. The number of methoxy groups -OCH3 is 1. The van der Waals surface area contributed by atoms with E-state index in [4.69, 9.17) is 4.74 Å². The van der Waals surface area contributed by atoms with E-state index in [9.17, 15) is 14.7 Å². The molecular weight excluding hydrogens is 324 g/mol. The maximum Gasteiger partial charge on any atom is 0.335 e. The third-order valence-electron chi connectivity index (χ3n) is 4.11. The Morgan fingerprint density at radius 1 is 1.24 bits per heavy atom. The zero-order valence-electron chi connectivity index (χ0n) is 13.9. The molecule has 25 heavy (non-hydrogen) atoms. The summed E-state index contributed by atoms with van der Waals surface area (Å²) >= 11 is 0. The number of rotatable bonds is 4. The molecule has 0 amide bonds. The van der Waals surface area contributed by atoms with Crippen LogP contribution in [-0.2, 0) is 0 Å². The molecule has 0 bridgehead atoms. The standard InChI is InChI=1S/C17H20N4O4/c1-25-13-7-5-6-12(10-13)21-16(23)14(15(22)19-17(21)24)11-18-20-8-3-2-4-9-20/h5-7,10-11,23H,2-4,8-9H2,1H3,(H,19,22,24). The van der Waals surface area contributed by atoms with Gasteiger partial charge in [-0.2, -0.15) is 5.10 Å². The van der Waals surface area contributed by atoms with Crippen molar-refractivity contribution in [3.05, 3.63) is 50.7 Å². The number of aromatic nitrogens is 2. The van der Waals surface area contributed by atoms with Crippen LogP contribution in [0, 0.1) is 0 Å². The molecule has 1 aliphatic rings. The predicted molar refractivity (Wildman–Crippen MR) is 93.9 cm³/mol. The molecule has 0 atom stereocenters. The lowest BCUT2D eigenvalue weighted by molar-refractivity contribution is 0.240. The van der Waals surface area contributed by atoms with E-state index in [1.807, 2.05) is 5.01 Å². The number of nitrogens with one attached hydrogen (secondary N) is 1. The number of nitrogens with zero attached hydrogens (tertiary/aromatic N) is 3. The van der Waals surface area contributed by atoms with Gasteiger partial charge in [-0.1, -0.05) is 6.07 Å². The second-order valence-corrected chi connectivity index (χ2v) is 5.79. The van der Waals surface area contributed by atoms with Gasteiger partial charge in [0.1, 0.15) is 11.3 Å². The Balaban J connectivity index is 2.04. The highest BCUT2D eigenvalue weighted by molar-refractivity contribution is 5.82. The van der Waals surface area contributed by atoms with Crippen molar-refractivity contribution in [2.75, 3.05) is 20.2 Å². The summed E-state index contributed by atoms with van der Waals surface area (Å²) in [5.41, 5.74) is -1.09. The van der Waals surface area contributed by atoms with Gasteiger partial charge in [0.25, 0.3) is 5.56 Å². The molecule has 2 heterocycles. The highest BCUT2D eigenvalue weighted by Crippen LogP contribution is 2.20. The fourth-order valence-electron chi connectivity index (χ4n) is 2.78. The predicted octanol–water partition coefficient (Wildman–Crippen LogP) is 1.06. The molecule has 0 radical (unpaired) electrons. The van der Waals surface area contributed by atoms with E-state index in [0.717, 1.165) is 30.5 Å². The van der Waals surface area contributed by atoms with E-state index in [-0.39, 0.29) is 5.56 Å². The number of aromatic amines is 1. The van der Waals surface area contributed by atoms with Crippen molar-refractivity contribution in [1.82, 2.24) is 14.6 Å². The van der Waals surface area contributed by atoms with Crippen LogP contribution in [0.1, 0.15) is 24.8 Å². The lowest BCUT2D eigenvalue weighted by Gasteiger charge is -2.23. The zero-order valence-corrected chi connectivity index (χ0v) is 13.9.